The monoisotopic (exact) mass is 338 g/mol. The Bertz CT molecular complexity index is 759. The number of anilines is 1. The molecule has 2 aromatic rings. The highest BCUT2D eigenvalue weighted by atomic mass is 19.3. The van der Waals surface area contributed by atoms with Crippen LogP contribution in [0.3, 0.4) is 0 Å². The first kappa shape index (κ1) is 17.4. The molecule has 0 spiro atoms. The molecule has 0 aliphatic rings. The lowest BCUT2D eigenvalue weighted by atomic mass is 10.1. The normalized spacial score (nSPS) is 10.6. The highest BCUT2D eigenvalue weighted by Crippen LogP contribution is 2.24. The van der Waals surface area contributed by atoms with Crippen molar-refractivity contribution in [3.63, 3.8) is 0 Å². The van der Waals surface area contributed by atoms with Gasteiger partial charge in [-0.05, 0) is 24.3 Å². The molecule has 9 heteroatoms. The minimum absolute atomic E-state index is 0.161. The average molecular weight is 338 g/mol. The second-order valence-corrected chi connectivity index (χ2v) is 5.03. The van der Waals surface area contributed by atoms with Gasteiger partial charge in [0, 0.05) is 26.0 Å². The van der Waals surface area contributed by atoms with Gasteiger partial charge in [0.2, 0.25) is 0 Å². The van der Waals surface area contributed by atoms with Crippen LogP contribution in [0.2, 0.25) is 0 Å². The van der Waals surface area contributed by atoms with Crippen molar-refractivity contribution < 1.29 is 23.1 Å². The van der Waals surface area contributed by atoms with Crippen LogP contribution >= 0.6 is 0 Å². The molecule has 7 nitrogen and oxygen atoms in total. The van der Waals surface area contributed by atoms with Crippen molar-refractivity contribution in [3.05, 3.63) is 41.7 Å². The average Bonchev–Trinajstić information content (AvgIpc) is 3.04. The summed E-state index contributed by atoms with van der Waals surface area (Å²) in [4.78, 5) is 25.6. The number of ether oxygens (including phenoxy) is 1. The van der Waals surface area contributed by atoms with E-state index in [1.54, 1.807) is 14.1 Å². The maximum Gasteiger partial charge on any atom is 0.333 e. The van der Waals surface area contributed by atoms with Gasteiger partial charge in [0.25, 0.3) is 11.8 Å². The summed E-state index contributed by atoms with van der Waals surface area (Å²) >= 11 is 0. The standard InChI is InChI=1S/C15H16F2N4O3/c1-20(2)14(23)10-8-9(4-5-12(10)24-3)18-13(22)11-6-7-21(19-11)15(16)17/h4-8,15H,1-3H3,(H,18,22). The van der Waals surface area contributed by atoms with E-state index in [0.717, 1.165) is 6.20 Å². The lowest BCUT2D eigenvalue weighted by molar-refractivity contribution is 0.0561. The molecule has 0 aliphatic heterocycles. The number of amides is 2. The van der Waals surface area contributed by atoms with Gasteiger partial charge in [0.1, 0.15) is 5.75 Å². The molecule has 0 fully saturated rings. The molecule has 0 saturated heterocycles. The van der Waals surface area contributed by atoms with Crippen LogP contribution in [-0.2, 0) is 0 Å². The molecule has 1 N–H and O–H groups in total. The molecule has 0 radical (unpaired) electrons. The van der Waals surface area contributed by atoms with Gasteiger partial charge in [0.05, 0.1) is 12.7 Å². The number of hydrogen-bond donors (Lipinski definition) is 1. The maximum atomic E-state index is 12.5. The fourth-order valence-electron chi connectivity index (χ4n) is 1.96. The number of rotatable bonds is 5. The van der Waals surface area contributed by atoms with E-state index in [1.807, 2.05) is 0 Å². The minimum Gasteiger partial charge on any atom is -0.496 e. The van der Waals surface area contributed by atoms with Crippen LogP contribution < -0.4 is 10.1 Å². The van der Waals surface area contributed by atoms with E-state index >= 15 is 0 Å². The van der Waals surface area contributed by atoms with E-state index in [2.05, 4.69) is 10.4 Å². The first-order valence-electron chi connectivity index (χ1n) is 6.88. The Balaban J connectivity index is 2.24. The largest absolute Gasteiger partial charge is 0.496 e. The molecular weight excluding hydrogens is 322 g/mol. The molecule has 2 rings (SSSR count). The van der Waals surface area contributed by atoms with Crippen LogP contribution in [0.1, 0.15) is 27.4 Å². The highest BCUT2D eigenvalue weighted by molar-refractivity contribution is 6.04. The van der Waals surface area contributed by atoms with Gasteiger partial charge in [-0.15, -0.1) is 0 Å². The number of benzene rings is 1. The van der Waals surface area contributed by atoms with Gasteiger partial charge in [0.15, 0.2) is 5.69 Å². The lowest BCUT2D eigenvalue weighted by Crippen LogP contribution is -2.22. The Morgan fingerprint density at radius 2 is 2.00 bits per heavy atom. The topological polar surface area (TPSA) is 76.5 Å². The summed E-state index contributed by atoms with van der Waals surface area (Å²) in [6, 6.07) is 5.69. The highest BCUT2D eigenvalue weighted by Gasteiger charge is 2.17. The minimum atomic E-state index is -2.82. The molecule has 1 aromatic carbocycles. The van der Waals surface area contributed by atoms with Crippen molar-refractivity contribution in [1.29, 1.82) is 0 Å². The van der Waals surface area contributed by atoms with Crippen molar-refractivity contribution >= 4 is 17.5 Å². The molecule has 128 valence electrons. The van der Waals surface area contributed by atoms with Gasteiger partial charge in [-0.3, -0.25) is 9.59 Å². The summed E-state index contributed by atoms with van der Waals surface area (Å²) in [7, 11) is 4.60. The van der Waals surface area contributed by atoms with Crippen LogP contribution in [0.25, 0.3) is 0 Å². The van der Waals surface area contributed by atoms with E-state index in [-0.39, 0.29) is 17.2 Å². The molecule has 24 heavy (non-hydrogen) atoms. The zero-order valence-corrected chi connectivity index (χ0v) is 13.3. The number of halogens is 2. The van der Waals surface area contributed by atoms with Crippen molar-refractivity contribution in [3.8, 4) is 5.75 Å². The van der Waals surface area contributed by atoms with Gasteiger partial charge in [-0.1, -0.05) is 0 Å². The van der Waals surface area contributed by atoms with Gasteiger partial charge in [-0.2, -0.15) is 13.9 Å². The van der Waals surface area contributed by atoms with E-state index in [0.29, 0.717) is 16.1 Å². The van der Waals surface area contributed by atoms with Crippen LogP contribution in [0.15, 0.2) is 30.5 Å². The van der Waals surface area contributed by atoms with E-state index < -0.39 is 12.5 Å². The third kappa shape index (κ3) is 3.67. The molecule has 0 bridgehead atoms. The van der Waals surface area contributed by atoms with E-state index in [1.165, 1.54) is 36.3 Å². The first-order valence-corrected chi connectivity index (χ1v) is 6.88. The number of alkyl halides is 2. The molecule has 0 unspecified atom stereocenters. The lowest BCUT2D eigenvalue weighted by Gasteiger charge is -2.14. The molecular formula is C15H16F2N4O3. The summed E-state index contributed by atoms with van der Waals surface area (Å²) in [5.41, 5.74) is 0.419. The van der Waals surface area contributed by atoms with Gasteiger partial charge >= 0.3 is 6.55 Å². The van der Waals surface area contributed by atoms with Crippen LogP contribution in [0.4, 0.5) is 14.5 Å². The molecule has 0 atom stereocenters. The second kappa shape index (κ2) is 7.07. The third-order valence-electron chi connectivity index (χ3n) is 3.13. The van der Waals surface area contributed by atoms with Gasteiger partial charge in [-0.25, -0.2) is 4.68 Å². The summed E-state index contributed by atoms with van der Waals surface area (Å²) in [5.74, 6) is -0.610. The van der Waals surface area contributed by atoms with Crippen LogP contribution in [0, 0.1) is 0 Å². The van der Waals surface area contributed by atoms with Crippen molar-refractivity contribution in [2.75, 3.05) is 26.5 Å². The van der Waals surface area contributed by atoms with Crippen LogP contribution in [-0.4, -0.2) is 47.7 Å². The SMILES string of the molecule is COc1ccc(NC(=O)c2ccn(C(F)F)n2)cc1C(=O)N(C)C. The fraction of sp³-hybridized carbons (Fsp3) is 0.267. The maximum absolute atomic E-state index is 12.5. The van der Waals surface area contributed by atoms with Gasteiger partial charge < -0.3 is 15.0 Å². The van der Waals surface area contributed by atoms with E-state index in [4.69, 9.17) is 4.74 Å². The quantitative estimate of drug-likeness (QED) is 0.907. The summed E-state index contributed by atoms with van der Waals surface area (Å²) < 4.78 is 30.5. The second-order valence-electron chi connectivity index (χ2n) is 5.03. The number of nitrogens with zero attached hydrogens (tertiary/aromatic N) is 3. The Morgan fingerprint density at radius 3 is 2.54 bits per heavy atom. The number of nitrogens with one attached hydrogen (secondary N) is 1. The number of methoxy groups -OCH3 is 1. The molecule has 1 aromatic heterocycles. The van der Waals surface area contributed by atoms with Crippen LogP contribution in [0.5, 0.6) is 5.75 Å². The number of aromatic nitrogens is 2. The fourth-order valence-corrected chi connectivity index (χ4v) is 1.96. The summed E-state index contributed by atoms with van der Waals surface area (Å²) in [5, 5.41) is 5.99. The van der Waals surface area contributed by atoms with Crippen molar-refractivity contribution in [2.45, 2.75) is 6.55 Å². The Labute approximate surface area is 136 Å². The molecule has 0 saturated carbocycles. The van der Waals surface area contributed by atoms with Crippen molar-refractivity contribution in [2.24, 2.45) is 0 Å². The molecule has 1 heterocycles. The molecule has 2 amide bonds. The van der Waals surface area contributed by atoms with Crippen molar-refractivity contribution in [1.82, 2.24) is 14.7 Å². The predicted molar refractivity (Wildman–Crippen MR) is 82.4 cm³/mol. The zero-order chi connectivity index (χ0) is 17.9. The molecule has 0 aliphatic carbocycles. The Morgan fingerprint density at radius 1 is 1.29 bits per heavy atom. The summed E-state index contributed by atoms with van der Waals surface area (Å²) in [6.45, 7) is -2.82. The Hall–Kier alpha value is -2.97. The third-order valence-corrected chi connectivity index (χ3v) is 3.13. The Kier molecular flexibility index (Phi) is 5.12. The number of carbonyl (C=O) groups is 2. The number of hydrogen-bond acceptors (Lipinski definition) is 4. The van der Waals surface area contributed by atoms with E-state index in [9.17, 15) is 18.4 Å². The smallest absolute Gasteiger partial charge is 0.333 e. The summed E-state index contributed by atoms with van der Waals surface area (Å²) in [6.07, 6.45) is 1.01. The zero-order valence-electron chi connectivity index (χ0n) is 13.3. The number of carbonyl (C=O) groups excluding carboxylic acids is 2. The predicted octanol–water partition coefficient (Wildman–Crippen LogP) is 2.24. The first-order chi connectivity index (χ1) is 11.3.